The molecule has 0 aromatic heterocycles. The number of aliphatic hydroxyl groups is 1. The molecule has 0 saturated heterocycles. The quantitative estimate of drug-likeness (QED) is 0.499. The van der Waals surface area contributed by atoms with Crippen LogP contribution in [-0.2, 0) is 22.7 Å². The van der Waals surface area contributed by atoms with E-state index >= 15 is 0 Å². The Morgan fingerprint density at radius 1 is 0.875 bits per heavy atom. The van der Waals surface area contributed by atoms with Crippen molar-refractivity contribution in [2.75, 3.05) is 13.2 Å². The lowest BCUT2D eigenvalue weighted by atomic mass is 10.2. The van der Waals surface area contributed by atoms with Crippen LogP contribution in [-0.4, -0.2) is 24.4 Å². The minimum Gasteiger partial charge on any atom is -0.396 e. The maximum absolute atomic E-state index is 9.03. The topological polar surface area (TPSA) is 38.7 Å². The zero-order chi connectivity index (χ0) is 16.9. The Morgan fingerprint density at radius 3 is 2.12 bits per heavy atom. The van der Waals surface area contributed by atoms with Crippen molar-refractivity contribution < 1.29 is 14.6 Å². The van der Waals surface area contributed by atoms with E-state index in [0.717, 1.165) is 18.4 Å². The summed E-state index contributed by atoms with van der Waals surface area (Å²) in [6.45, 7) is 1.92. The van der Waals surface area contributed by atoms with Crippen molar-refractivity contribution >= 4 is 0 Å². The summed E-state index contributed by atoms with van der Waals surface area (Å²) in [7, 11) is 0. The molecule has 0 radical (unpaired) electrons. The standard InChI is InChI=1S/C21H26O3/c22-15-7-13-21(24-18-20-11-5-2-6-12-20)14-8-16-23-17-19-9-3-1-4-10-19/h1-6,8-12,14,21-22H,7,13,15-18H2/b14-8+. The molecular formula is C21H26O3. The average molecular weight is 326 g/mol. The highest BCUT2D eigenvalue weighted by atomic mass is 16.5. The van der Waals surface area contributed by atoms with Gasteiger partial charge in [0.25, 0.3) is 0 Å². The molecule has 128 valence electrons. The van der Waals surface area contributed by atoms with E-state index in [1.807, 2.05) is 48.6 Å². The van der Waals surface area contributed by atoms with Gasteiger partial charge < -0.3 is 14.6 Å². The fourth-order valence-corrected chi connectivity index (χ4v) is 2.33. The average Bonchev–Trinajstić information content (AvgIpc) is 2.64. The maximum atomic E-state index is 9.03. The van der Waals surface area contributed by atoms with Gasteiger partial charge in [-0.25, -0.2) is 0 Å². The first kappa shape index (κ1) is 18.4. The molecule has 1 N–H and O–H groups in total. The van der Waals surface area contributed by atoms with E-state index in [4.69, 9.17) is 14.6 Å². The highest BCUT2D eigenvalue weighted by Crippen LogP contribution is 2.09. The Hall–Kier alpha value is -1.94. The van der Waals surface area contributed by atoms with Gasteiger partial charge in [0.1, 0.15) is 0 Å². The molecule has 24 heavy (non-hydrogen) atoms. The molecule has 3 nitrogen and oxygen atoms in total. The van der Waals surface area contributed by atoms with Gasteiger partial charge in [-0.15, -0.1) is 0 Å². The number of aliphatic hydroxyl groups excluding tert-OH is 1. The molecule has 0 fully saturated rings. The molecule has 0 aliphatic rings. The lowest BCUT2D eigenvalue weighted by Crippen LogP contribution is -2.11. The Bertz CT molecular complexity index is 566. The van der Waals surface area contributed by atoms with E-state index in [2.05, 4.69) is 24.3 Å². The minimum atomic E-state index is -0.00215. The minimum absolute atomic E-state index is 0.00215. The molecule has 2 aromatic rings. The number of hydrogen-bond acceptors (Lipinski definition) is 3. The molecule has 2 aromatic carbocycles. The zero-order valence-corrected chi connectivity index (χ0v) is 14.0. The molecule has 0 aliphatic carbocycles. The van der Waals surface area contributed by atoms with Gasteiger partial charge in [0.15, 0.2) is 0 Å². The van der Waals surface area contributed by atoms with Crippen LogP contribution in [0.25, 0.3) is 0 Å². The predicted octanol–water partition coefficient (Wildman–Crippen LogP) is 4.12. The summed E-state index contributed by atoms with van der Waals surface area (Å²) in [5, 5.41) is 9.03. The Kier molecular flexibility index (Phi) is 8.87. The fraction of sp³-hybridized carbons (Fsp3) is 0.333. The van der Waals surface area contributed by atoms with Crippen molar-refractivity contribution in [2.45, 2.75) is 32.2 Å². The highest BCUT2D eigenvalue weighted by Gasteiger charge is 2.05. The first-order valence-corrected chi connectivity index (χ1v) is 8.43. The lowest BCUT2D eigenvalue weighted by molar-refractivity contribution is 0.0607. The van der Waals surface area contributed by atoms with Crippen molar-refractivity contribution in [1.29, 1.82) is 0 Å². The zero-order valence-electron chi connectivity index (χ0n) is 14.0. The van der Waals surface area contributed by atoms with E-state index in [1.165, 1.54) is 5.56 Å². The van der Waals surface area contributed by atoms with Crippen molar-refractivity contribution in [3.63, 3.8) is 0 Å². The summed E-state index contributed by atoms with van der Waals surface area (Å²) >= 11 is 0. The molecule has 1 atom stereocenters. The van der Waals surface area contributed by atoms with Gasteiger partial charge in [0.05, 0.1) is 25.9 Å². The first-order chi connectivity index (χ1) is 11.9. The third-order valence-electron chi connectivity index (χ3n) is 3.63. The third kappa shape index (κ3) is 7.55. The summed E-state index contributed by atoms with van der Waals surface area (Å²) < 4.78 is 11.6. The summed E-state index contributed by atoms with van der Waals surface area (Å²) in [6, 6.07) is 20.2. The summed E-state index contributed by atoms with van der Waals surface area (Å²) in [6.07, 6.45) is 5.56. The van der Waals surface area contributed by atoms with Crippen LogP contribution in [0.3, 0.4) is 0 Å². The van der Waals surface area contributed by atoms with Crippen LogP contribution in [0.15, 0.2) is 72.8 Å². The van der Waals surface area contributed by atoms with E-state index < -0.39 is 0 Å². The molecule has 0 amide bonds. The van der Waals surface area contributed by atoms with E-state index in [0.29, 0.717) is 19.8 Å². The van der Waals surface area contributed by atoms with Crippen molar-refractivity contribution in [3.8, 4) is 0 Å². The first-order valence-electron chi connectivity index (χ1n) is 8.43. The number of hydrogen-bond donors (Lipinski definition) is 1. The van der Waals surface area contributed by atoms with Gasteiger partial charge in [0, 0.05) is 6.61 Å². The second-order valence-corrected chi connectivity index (χ2v) is 5.63. The van der Waals surface area contributed by atoms with Crippen LogP contribution < -0.4 is 0 Å². The normalized spacial score (nSPS) is 12.5. The SMILES string of the molecule is OCCCC(/C=C/COCc1ccccc1)OCc1ccccc1. The fourth-order valence-electron chi connectivity index (χ4n) is 2.33. The largest absolute Gasteiger partial charge is 0.396 e. The monoisotopic (exact) mass is 326 g/mol. The number of ether oxygens (including phenoxy) is 2. The Labute approximate surface area is 144 Å². The van der Waals surface area contributed by atoms with Crippen LogP contribution in [0.2, 0.25) is 0 Å². The van der Waals surface area contributed by atoms with Crippen LogP contribution >= 0.6 is 0 Å². The summed E-state index contributed by atoms with van der Waals surface area (Å²) in [4.78, 5) is 0. The second kappa shape index (κ2) is 11.6. The van der Waals surface area contributed by atoms with Gasteiger partial charge in [0.2, 0.25) is 0 Å². The van der Waals surface area contributed by atoms with E-state index in [-0.39, 0.29) is 12.7 Å². The Morgan fingerprint density at radius 2 is 1.50 bits per heavy atom. The van der Waals surface area contributed by atoms with Gasteiger partial charge in [-0.2, -0.15) is 0 Å². The molecule has 0 saturated carbocycles. The van der Waals surface area contributed by atoms with Gasteiger partial charge in [-0.1, -0.05) is 72.8 Å². The maximum Gasteiger partial charge on any atom is 0.0762 e. The third-order valence-corrected chi connectivity index (χ3v) is 3.63. The molecule has 0 heterocycles. The van der Waals surface area contributed by atoms with Crippen molar-refractivity contribution in [1.82, 2.24) is 0 Å². The second-order valence-electron chi connectivity index (χ2n) is 5.63. The van der Waals surface area contributed by atoms with Crippen molar-refractivity contribution in [3.05, 3.63) is 83.9 Å². The van der Waals surface area contributed by atoms with Gasteiger partial charge >= 0.3 is 0 Å². The van der Waals surface area contributed by atoms with E-state index in [1.54, 1.807) is 0 Å². The molecule has 0 aliphatic heterocycles. The van der Waals surface area contributed by atoms with Gasteiger partial charge in [-0.3, -0.25) is 0 Å². The summed E-state index contributed by atoms with van der Waals surface area (Å²) in [5.41, 5.74) is 2.32. The molecule has 2 rings (SSSR count). The van der Waals surface area contributed by atoms with Crippen LogP contribution in [0, 0.1) is 0 Å². The molecule has 0 bridgehead atoms. The Balaban J connectivity index is 1.72. The number of rotatable bonds is 11. The molecule has 0 spiro atoms. The van der Waals surface area contributed by atoms with Crippen LogP contribution in [0.5, 0.6) is 0 Å². The molecule has 1 unspecified atom stereocenters. The highest BCUT2D eigenvalue weighted by molar-refractivity contribution is 5.14. The van der Waals surface area contributed by atoms with E-state index in [9.17, 15) is 0 Å². The van der Waals surface area contributed by atoms with Gasteiger partial charge in [-0.05, 0) is 24.0 Å². The molecule has 3 heteroatoms. The summed E-state index contributed by atoms with van der Waals surface area (Å²) in [5.74, 6) is 0. The van der Waals surface area contributed by atoms with Crippen LogP contribution in [0.1, 0.15) is 24.0 Å². The molecular weight excluding hydrogens is 300 g/mol. The predicted molar refractivity (Wildman–Crippen MR) is 96.6 cm³/mol. The number of benzene rings is 2. The van der Waals surface area contributed by atoms with Crippen LogP contribution in [0.4, 0.5) is 0 Å². The lowest BCUT2D eigenvalue weighted by Gasteiger charge is -2.14. The van der Waals surface area contributed by atoms with Crippen molar-refractivity contribution in [2.24, 2.45) is 0 Å². The smallest absolute Gasteiger partial charge is 0.0762 e.